The molecule has 1 amide bonds. The third-order valence-electron chi connectivity index (χ3n) is 2.62. The van der Waals surface area contributed by atoms with E-state index in [0.29, 0.717) is 27.3 Å². The molecule has 0 radical (unpaired) electrons. The largest absolute Gasteiger partial charge is 0.399 e. The molecular formula is C14H12BrClN2O. The molecule has 0 aliphatic rings. The molecule has 0 heterocycles. The zero-order valence-corrected chi connectivity index (χ0v) is 12.3. The highest BCUT2D eigenvalue weighted by atomic mass is 79.9. The molecule has 0 aliphatic heterocycles. The number of halogens is 2. The van der Waals surface area contributed by atoms with Crippen molar-refractivity contribution in [2.45, 2.75) is 6.54 Å². The maximum absolute atomic E-state index is 12.1. The van der Waals surface area contributed by atoms with E-state index in [1.165, 1.54) is 0 Å². The smallest absolute Gasteiger partial charge is 0.254 e. The summed E-state index contributed by atoms with van der Waals surface area (Å²) in [5.41, 5.74) is 7.72. The van der Waals surface area contributed by atoms with Crippen LogP contribution in [-0.2, 0) is 6.54 Å². The predicted octanol–water partition coefficient (Wildman–Crippen LogP) is 3.61. The van der Waals surface area contributed by atoms with E-state index in [2.05, 4.69) is 21.2 Å². The molecule has 19 heavy (non-hydrogen) atoms. The standard InChI is InChI=1S/C14H12BrClN2O/c15-11-2-1-3-12(16)13(11)14(19)18-8-9-4-6-10(17)7-5-9/h1-7H,8,17H2,(H,18,19). The summed E-state index contributed by atoms with van der Waals surface area (Å²) >= 11 is 9.34. The fourth-order valence-corrected chi connectivity index (χ4v) is 2.54. The molecule has 3 nitrogen and oxygen atoms in total. The molecule has 0 saturated carbocycles. The molecule has 0 bridgehead atoms. The van der Waals surface area contributed by atoms with Gasteiger partial charge in [-0.05, 0) is 45.8 Å². The number of hydrogen-bond donors (Lipinski definition) is 2. The van der Waals surface area contributed by atoms with Crippen LogP contribution in [0.15, 0.2) is 46.9 Å². The van der Waals surface area contributed by atoms with E-state index in [9.17, 15) is 4.79 Å². The van der Waals surface area contributed by atoms with Gasteiger partial charge < -0.3 is 11.1 Å². The summed E-state index contributed by atoms with van der Waals surface area (Å²) < 4.78 is 0.676. The number of nitrogen functional groups attached to an aromatic ring is 1. The highest BCUT2D eigenvalue weighted by Crippen LogP contribution is 2.24. The van der Waals surface area contributed by atoms with Gasteiger partial charge in [0.05, 0.1) is 10.6 Å². The van der Waals surface area contributed by atoms with Gasteiger partial charge >= 0.3 is 0 Å². The van der Waals surface area contributed by atoms with E-state index in [0.717, 1.165) is 5.56 Å². The lowest BCUT2D eigenvalue weighted by molar-refractivity contribution is 0.0950. The molecular weight excluding hydrogens is 328 g/mol. The quantitative estimate of drug-likeness (QED) is 0.839. The minimum absolute atomic E-state index is 0.214. The van der Waals surface area contributed by atoms with Gasteiger partial charge in [-0.15, -0.1) is 0 Å². The van der Waals surface area contributed by atoms with Crippen LogP contribution in [0, 0.1) is 0 Å². The van der Waals surface area contributed by atoms with Crippen LogP contribution in [0.5, 0.6) is 0 Å². The van der Waals surface area contributed by atoms with Crippen LogP contribution in [0.1, 0.15) is 15.9 Å². The molecule has 98 valence electrons. The number of nitrogens with one attached hydrogen (secondary N) is 1. The monoisotopic (exact) mass is 338 g/mol. The zero-order chi connectivity index (χ0) is 13.8. The minimum Gasteiger partial charge on any atom is -0.399 e. The van der Waals surface area contributed by atoms with Crippen LogP contribution < -0.4 is 11.1 Å². The van der Waals surface area contributed by atoms with E-state index in [1.54, 1.807) is 30.3 Å². The molecule has 0 aliphatic carbocycles. The normalized spacial score (nSPS) is 10.2. The number of amides is 1. The summed E-state index contributed by atoms with van der Waals surface area (Å²) in [6.07, 6.45) is 0. The van der Waals surface area contributed by atoms with Crippen molar-refractivity contribution in [3.8, 4) is 0 Å². The fraction of sp³-hybridized carbons (Fsp3) is 0.0714. The van der Waals surface area contributed by atoms with Crippen LogP contribution in [0.4, 0.5) is 5.69 Å². The number of benzene rings is 2. The Labute approximate surface area is 124 Å². The Kier molecular flexibility index (Phi) is 4.45. The number of carbonyl (C=O) groups is 1. The Bertz CT molecular complexity index is 579. The van der Waals surface area contributed by atoms with E-state index in [1.807, 2.05) is 12.1 Å². The van der Waals surface area contributed by atoms with Crippen LogP contribution in [0.2, 0.25) is 5.02 Å². The Morgan fingerprint density at radius 2 is 1.89 bits per heavy atom. The summed E-state index contributed by atoms with van der Waals surface area (Å²) in [6.45, 7) is 0.427. The SMILES string of the molecule is Nc1ccc(CNC(=O)c2c(Cl)cccc2Br)cc1. The number of rotatable bonds is 3. The maximum atomic E-state index is 12.1. The molecule has 0 unspecified atom stereocenters. The van der Waals surface area contributed by atoms with Gasteiger partial charge in [-0.3, -0.25) is 4.79 Å². The Hall–Kier alpha value is -1.52. The van der Waals surface area contributed by atoms with Gasteiger partial charge in [0.1, 0.15) is 0 Å². The van der Waals surface area contributed by atoms with Gasteiger partial charge in [0.2, 0.25) is 0 Å². The van der Waals surface area contributed by atoms with Crippen molar-refractivity contribution in [1.82, 2.24) is 5.32 Å². The summed E-state index contributed by atoms with van der Waals surface area (Å²) in [7, 11) is 0. The molecule has 0 aromatic heterocycles. The second kappa shape index (κ2) is 6.08. The molecule has 2 aromatic rings. The van der Waals surface area contributed by atoms with Crippen molar-refractivity contribution in [2.75, 3.05) is 5.73 Å². The summed E-state index contributed by atoms with van der Waals surface area (Å²) in [6, 6.07) is 12.6. The Morgan fingerprint density at radius 3 is 2.53 bits per heavy atom. The molecule has 2 aromatic carbocycles. The van der Waals surface area contributed by atoms with Gasteiger partial charge in [-0.25, -0.2) is 0 Å². The summed E-state index contributed by atoms with van der Waals surface area (Å²) in [4.78, 5) is 12.1. The van der Waals surface area contributed by atoms with Crippen molar-refractivity contribution in [3.05, 3.63) is 63.1 Å². The van der Waals surface area contributed by atoms with E-state index in [4.69, 9.17) is 17.3 Å². The number of anilines is 1. The van der Waals surface area contributed by atoms with Crippen molar-refractivity contribution in [1.29, 1.82) is 0 Å². The molecule has 0 fully saturated rings. The first-order chi connectivity index (χ1) is 9.08. The zero-order valence-electron chi connectivity index (χ0n) is 9.99. The van der Waals surface area contributed by atoms with E-state index >= 15 is 0 Å². The van der Waals surface area contributed by atoms with Crippen molar-refractivity contribution < 1.29 is 4.79 Å². The Balaban J connectivity index is 2.07. The number of nitrogens with two attached hydrogens (primary N) is 1. The maximum Gasteiger partial charge on any atom is 0.254 e. The van der Waals surface area contributed by atoms with Crippen LogP contribution in [-0.4, -0.2) is 5.91 Å². The topological polar surface area (TPSA) is 55.1 Å². The average molecular weight is 340 g/mol. The lowest BCUT2D eigenvalue weighted by Gasteiger charge is -2.08. The first-order valence-corrected chi connectivity index (χ1v) is 6.81. The predicted molar refractivity (Wildman–Crippen MR) is 81.2 cm³/mol. The van der Waals surface area contributed by atoms with Crippen LogP contribution >= 0.6 is 27.5 Å². The first kappa shape index (κ1) is 13.9. The second-order valence-electron chi connectivity index (χ2n) is 4.02. The molecule has 0 saturated heterocycles. The average Bonchev–Trinajstić information content (AvgIpc) is 2.38. The van der Waals surface area contributed by atoms with Gasteiger partial charge in [-0.2, -0.15) is 0 Å². The van der Waals surface area contributed by atoms with Crippen molar-refractivity contribution in [2.24, 2.45) is 0 Å². The highest BCUT2D eigenvalue weighted by molar-refractivity contribution is 9.10. The van der Waals surface area contributed by atoms with Gasteiger partial charge in [0, 0.05) is 16.7 Å². The lowest BCUT2D eigenvalue weighted by atomic mass is 10.2. The van der Waals surface area contributed by atoms with Crippen LogP contribution in [0.3, 0.4) is 0 Å². The molecule has 0 spiro atoms. The molecule has 2 rings (SSSR count). The summed E-state index contributed by atoms with van der Waals surface area (Å²) in [5.74, 6) is -0.214. The van der Waals surface area contributed by atoms with E-state index < -0.39 is 0 Å². The van der Waals surface area contributed by atoms with Gasteiger partial charge in [-0.1, -0.05) is 29.8 Å². The van der Waals surface area contributed by atoms with Crippen molar-refractivity contribution >= 4 is 39.1 Å². The Morgan fingerprint density at radius 1 is 1.21 bits per heavy atom. The lowest BCUT2D eigenvalue weighted by Crippen LogP contribution is -2.23. The molecule has 0 atom stereocenters. The van der Waals surface area contributed by atoms with Gasteiger partial charge in [0.25, 0.3) is 5.91 Å². The fourth-order valence-electron chi connectivity index (χ4n) is 1.62. The highest BCUT2D eigenvalue weighted by Gasteiger charge is 2.13. The van der Waals surface area contributed by atoms with Crippen molar-refractivity contribution in [3.63, 3.8) is 0 Å². The third-order valence-corrected chi connectivity index (χ3v) is 3.60. The number of hydrogen-bond acceptors (Lipinski definition) is 2. The van der Waals surface area contributed by atoms with Gasteiger partial charge in [0.15, 0.2) is 0 Å². The second-order valence-corrected chi connectivity index (χ2v) is 5.28. The summed E-state index contributed by atoms with van der Waals surface area (Å²) in [5, 5.41) is 3.24. The molecule has 3 N–H and O–H groups in total. The third kappa shape index (κ3) is 3.49. The molecule has 5 heteroatoms. The van der Waals surface area contributed by atoms with Crippen LogP contribution in [0.25, 0.3) is 0 Å². The first-order valence-electron chi connectivity index (χ1n) is 5.64. The van der Waals surface area contributed by atoms with E-state index in [-0.39, 0.29) is 5.91 Å². The number of carbonyl (C=O) groups excluding carboxylic acids is 1. The minimum atomic E-state index is -0.214.